The SMILES string of the molecule is Nc1ccc(Cl)cc1OCCc1cccs1. The van der Waals surface area contributed by atoms with E-state index in [0.717, 1.165) is 6.42 Å². The van der Waals surface area contributed by atoms with Crippen LogP contribution in [0.15, 0.2) is 35.7 Å². The molecule has 0 saturated carbocycles. The summed E-state index contributed by atoms with van der Waals surface area (Å²) < 4.78 is 5.59. The van der Waals surface area contributed by atoms with Gasteiger partial charge in [0.05, 0.1) is 12.3 Å². The normalized spacial score (nSPS) is 10.3. The molecule has 0 radical (unpaired) electrons. The summed E-state index contributed by atoms with van der Waals surface area (Å²) in [4.78, 5) is 1.31. The van der Waals surface area contributed by atoms with Crippen molar-refractivity contribution < 1.29 is 4.74 Å². The largest absolute Gasteiger partial charge is 0.491 e. The Labute approximate surface area is 104 Å². The van der Waals surface area contributed by atoms with Gasteiger partial charge in [0.25, 0.3) is 0 Å². The lowest BCUT2D eigenvalue weighted by molar-refractivity contribution is 0.325. The van der Waals surface area contributed by atoms with Gasteiger partial charge in [-0.05, 0) is 23.6 Å². The highest BCUT2D eigenvalue weighted by atomic mass is 35.5. The van der Waals surface area contributed by atoms with Gasteiger partial charge in [0.1, 0.15) is 5.75 Å². The highest BCUT2D eigenvalue weighted by Gasteiger charge is 2.01. The maximum absolute atomic E-state index is 5.86. The Morgan fingerprint density at radius 2 is 2.19 bits per heavy atom. The second kappa shape index (κ2) is 5.23. The number of ether oxygens (including phenoxy) is 1. The summed E-state index contributed by atoms with van der Waals surface area (Å²) >= 11 is 7.59. The topological polar surface area (TPSA) is 35.2 Å². The van der Waals surface area contributed by atoms with E-state index in [4.69, 9.17) is 22.1 Å². The number of thiophene rings is 1. The Hall–Kier alpha value is -1.19. The van der Waals surface area contributed by atoms with E-state index in [1.165, 1.54) is 4.88 Å². The Morgan fingerprint density at radius 1 is 1.31 bits per heavy atom. The molecule has 1 aromatic heterocycles. The number of rotatable bonds is 4. The zero-order valence-corrected chi connectivity index (χ0v) is 10.2. The predicted octanol–water partition coefficient (Wildman–Crippen LogP) is 3.61. The second-order valence-corrected chi connectivity index (χ2v) is 4.83. The number of anilines is 1. The molecule has 0 atom stereocenters. The summed E-state index contributed by atoms with van der Waals surface area (Å²) in [5.74, 6) is 0.657. The maximum atomic E-state index is 5.86. The van der Waals surface area contributed by atoms with E-state index in [2.05, 4.69) is 11.4 Å². The molecule has 2 aromatic rings. The van der Waals surface area contributed by atoms with Crippen LogP contribution in [0.25, 0.3) is 0 Å². The van der Waals surface area contributed by atoms with Crippen molar-refractivity contribution in [1.29, 1.82) is 0 Å². The summed E-state index contributed by atoms with van der Waals surface area (Å²) in [5, 5.41) is 2.70. The van der Waals surface area contributed by atoms with Crippen LogP contribution in [0.4, 0.5) is 5.69 Å². The maximum Gasteiger partial charge on any atom is 0.143 e. The van der Waals surface area contributed by atoms with E-state index in [9.17, 15) is 0 Å². The van der Waals surface area contributed by atoms with Crippen molar-refractivity contribution in [2.45, 2.75) is 6.42 Å². The quantitative estimate of drug-likeness (QED) is 0.845. The van der Waals surface area contributed by atoms with Crippen LogP contribution in [0.5, 0.6) is 5.75 Å². The van der Waals surface area contributed by atoms with E-state index in [0.29, 0.717) is 23.1 Å². The lowest BCUT2D eigenvalue weighted by Crippen LogP contribution is -2.02. The van der Waals surface area contributed by atoms with Crippen LogP contribution in [0, 0.1) is 0 Å². The van der Waals surface area contributed by atoms with Crippen molar-refractivity contribution in [3.05, 3.63) is 45.6 Å². The van der Waals surface area contributed by atoms with Gasteiger partial charge >= 0.3 is 0 Å². The number of nitrogen functional groups attached to an aromatic ring is 1. The molecule has 0 spiro atoms. The van der Waals surface area contributed by atoms with Crippen LogP contribution < -0.4 is 10.5 Å². The van der Waals surface area contributed by atoms with Crippen LogP contribution in [-0.2, 0) is 6.42 Å². The van der Waals surface area contributed by atoms with Gasteiger partial charge in [-0.2, -0.15) is 0 Å². The lowest BCUT2D eigenvalue weighted by atomic mass is 10.3. The third kappa shape index (κ3) is 2.90. The Morgan fingerprint density at radius 3 is 2.94 bits per heavy atom. The molecule has 0 bridgehead atoms. The molecule has 2 nitrogen and oxygen atoms in total. The summed E-state index contributed by atoms with van der Waals surface area (Å²) in [5.41, 5.74) is 6.39. The first kappa shape index (κ1) is 11.3. The molecule has 0 aliphatic heterocycles. The van der Waals surface area contributed by atoms with E-state index in [-0.39, 0.29) is 0 Å². The van der Waals surface area contributed by atoms with Crippen molar-refractivity contribution in [1.82, 2.24) is 0 Å². The zero-order valence-electron chi connectivity index (χ0n) is 8.65. The molecule has 0 aliphatic rings. The van der Waals surface area contributed by atoms with Crippen LogP contribution >= 0.6 is 22.9 Å². The molecule has 0 unspecified atom stereocenters. The molecule has 84 valence electrons. The smallest absolute Gasteiger partial charge is 0.143 e. The first-order chi connectivity index (χ1) is 7.75. The number of nitrogens with two attached hydrogens (primary N) is 1. The molecule has 0 fully saturated rings. The average Bonchev–Trinajstić information content (AvgIpc) is 2.76. The zero-order chi connectivity index (χ0) is 11.4. The van der Waals surface area contributed by atoms with Gasteiger partial charge in [0.2, 0.25) is 0 Å². The predicted molar refractivity (Wildman–Crippen MR) is 69.4 cm³/mol. The van der Waals surface area contributed by atoms with Crippen molar-refractivity contribution in [3.8, 4) is 5.75 Å². The van der Waals surface area contributed by atoms with E-state index in [1.54, 1.807) is 29.5 Å². The van der Waals surface area contributed by atoms with Gasteiger partial charge < -0.3 is 10.5 Å². The number of benzene rings is 1. The number of hydrogen-bond acceptors (Lipinski definition) is 3. The average molecular weight is 254 g/mol. The van der Waals surface area contributed by atoms with Crippen LogP contribution in [0.1, 0.15) is 4.88 Å². The minimum atomic E-state index is 0.616. The van der Waals surface area contributed by atoms with E-state index >= 15 is 0 Å². The Bertz CT molecular complexity index is 456. The molecule has 1 aromatic carbocycles. The lowest BCUT2D eigenvalue weighted by Gasteiger charge is -2.08. The van der Waals surface area contributed by atoms with Crippen LogP contribution in [-0.4, -0.2) is 6.61 Å². The number of halogens is 1. The fourth-order valence-electron chi connectivity index (χ4n) is 1.35. The molecular weight excluding hydrogens is 242 g/mol. The summed E-state index contributed by atoms with van der Waals surface area (Å²) in [6, 6.07) is 9.38. The molecule has 2 rings (SSSR count). The molecule has 0 saturated heterocycles. The third-order valence-corrected chi connectivity index (χ3v) is 3.33. The molecule has 1 heterocycles. The van der Waals surface area contributed by atoms with E-state index in [1.807, 2.05) is 6.07 Å². The van der Waals surface area contributed by atoms with Crippen molar-refractivity contribution >= 4 is 28.6 Å². The molecule has 2 N–H and O–H groups in total. The summed E-state index contributed by atoms with van der Waals surface area (Å²) in [6.07, 6.45) is 0.892. The van der Waals surface area contributed by atoms with Crippen molar-refractivity contribution in [3.63, 3.8) is 0 Å². The summed E-state index contributed by atoms with van der Waals surface area (Å²) in [7, 11) is 0. The highest BCUT2D eigenvalue weighted by Crippen LogP contribution is 2.25. The van der Waals surface area contributed by atoms with Crippen molar-refractivity contribution in [2.24, 2.45) is 0 Å². The highest BCUT2D eigenvalue weighted by molar-refractivity contribution is 7.09. The van der Waals surface area contributed by atoms with Gasteiger partial charge in [0.15, 0.2) is 0 Å². The minimum Gasteiger partial charge on any atom is -0.491 e. The van der Waals surface area contributed by atoms with Gasteiger partial charge in [-0.25, -0.2) is 0 Å². The van der Waals surface area contributed by atoms with Gasteiger partial charge in [-0.1, -0.05) is 17.7 Å². The monoisotopic (exact) mass is 253 g/mol. The fraction of sp³-hybridized carbons (Fsp3) is 0.167. The molecule has 0 aliphatic carbocycles. The first-order valence-electron chi connectivity index (χ1n) is 4.96. The fourth-order valence-corrected chi connectivity index (χ4v) is 2.20. The van der Waals surface area contributed by atoms with Gasteiger partial charge in [-0.15, -0.1) is 11.3 Å². The van der Waals surface area contributed by atoms with Gasteiger partial charge in [0, 0.05) is 22.4 Å². The summed E-state index contributed by atoms with van der Waals surface area (Å²) in [6.45, 7) is 0.616. The number of hydrogen-bond donors (Lipinski definition) is 1. The van der Waals surface area contributed by atoms with Crippen LogP contribution in [0.2, 0.25) is 5.02 Å². The second-order valence-electron chi connectivity index (χ2n) is 3.36. The molecule has 16 heavy (non-hydrogen) atoms. The van der Waals surface area contributed by atoms with Crippen LogP contribution in [0.3, 0.4) is 0 Å². The van der Waals surface area contributed by atoms with Gasteiger partial charge in [-0.3, -0.25) is 0 Å². The minimum absolute atomic E-state index is 0.616. The molecule has 4 heteroatoms. The Kier molecular flexibility index (Phi) is 3.70. The molecular formula is C12H12ClNOS. The first-order valence-corrected chi connectivity index (χ1v) is 6.21. The standard InChI is InChI=1S/C12H12ClNOS/c13-9-3-4-11(14)12(8-9)15-6-5-10-2-1-7-16-10/h1-4,7-8H,5-6,14H2. The van der Waals surface area contributed by atoms with Crippen molar-refractivity contribution in [2.75, 3.05) is 12.3 Å². The Balaban J connectivity index is 1.92. The third-order valence-electron chi connectivity index (χ3n) is 2.16. The molecule has 0 amide bonds. The van der Waals surface area contributed by atoms with E-state index < -0.39 is 0 Å².